The van der Waals surface area contributed by atoms with Crippen molar-refractivity contribution in [3.8, 4) is 0 Å². The van der Waals surface area contributed by atoms with Gasteiger partial charge in [-0.1, -0.05) is 6.07 Å². The molecule has 0 bridgehead atoms. The average Bonchev–Trinajstić information content (AvgIpc) is 2.69. The minimum atomic E-state index is -1.21. The molecule has 3 heterocycles. The van der Waals surface area contributed by atoms with Gasteiger partial charge >= 0.3 is 18.9 Å². The van der Waals surface area contributed by atoms with Gasteiger partial charge in [-0.3, -0.25) is 0 Å². The summed E-state index contributed by atoms with van der Waals surface area (Å²) in [5, 5.41) is 18.2. The van der Waals surface area contributed by atoms with Crippen LogP contribution in [-0.4, -0.2) is 34.8 Å². The van der Waals surface area contributed by atoms with Crippen molar-refractivity contribution in [1.82, 2.24) is 14.9 Å². The van der Waals surface area contributed by atoms with Gasteiger partial charge in [0, 0.05) is 18.3 Å². The number of ether oxygens (including phenoxy) is 1. The molecule has 0 aromatic carbocycles. The monoisotopic (exact) mass is 253 g/mol. The van der Waals surface area contributed by atoms with Crippen LogP contribution in [0.5, 0.6) is 0 Å². The van der Waals surface area contributed by atoms with E-state index in [2.05, 4.69) is 10.4 Å². The predicted octanol–water partition coefficient (Wildman–Crippen LogP) is -3.81. The summed E-state index contributed by atoms with van der Waals surface area (Å²) >= 11 is 0. The predicted molar refractivity (Wildman–Crippen MR) is 61.0 cm³/mol. The molecule has 0 radical (unpaired) electrons. The Morgan fingerprint density at radius 1 is 1.53 bits per heavy atom. The minimum absolute atomic E-state index is 0. The first-order chi connectivity index (χ1) is 8.74. The summed E-state index contributed by atoms with van der Waals surface area (Å²) in [6.07, 6.45) is 3.12. The number of hydrogen-bond acceptors (Lipinski definition) is 5. The Labute approximate surface area is 121 Å². The Hall–Kier alpha value is -1.32. The van der Waals surface area contributed by atoms with E-state index in [0.717, 1.165) is 18.8 Å². The molecule has 1 aliphatic heterocycles. The topological polar surface area (TPSA) is 78.7 Å². The molecule has 1 N–H and O–H groups in total. The summed E-state index contributed by atoms with van der Waals surface area (Å²) in [5.74, 6) is -1.21. The second kappa shape index (κ2) is 5.76. The molecule has 0 aliphatic carbocycles. The zero-order valence-electron chi connectivity index (χ0n) is 10.6. The number of nitrogens with zero attached hydrogens (tertiary/aromatic N) is 2. The molecule has 1 aliphatic rings. The van der Waals surface area contributed by atoms with Crippen LogP contribution in [0.1, 0.15) is 15.9 Å². The fourth-order valence-electron chi connectivity index (χ4n) is 1.90. The number of carbonyl (C=O) groups excluding carboxylic acids is 1. The Balaban J connectivity index is 0.00000133. The second-order valence-corrected chi connectivity index (χ2v) is 4.33. The number of carbonyl (C=O) groups is 1. The molecule has 6 nitrogen and oxygen atoms in total. The van der Waals surface area contributed by atoms with Crippen LogP contribution in [-0.2, 0) is 11.3 Å². The SMILES string of the molecule is O=C([O-])c1cnn2cc(CNC3COC3)ccc12.[Li+]. The molecule has 0 amide bonds. The van der Waals surface area contributed by atoms with Crippen molar-refractivity contribution < 1.29 is 33.5 Å². The standard InChI is InChI=1S/C12H13N3O3.Li/c16-12(17)10-4-14-15-5-8(1-2-11(10)15)3-13-9-6-18-7-9;/h1-2,4-5,9,13H,3,6-7H2,(H,16,17);/q;+1/p-1. The largest absolute Gasteiger partial charge is 1.00 e. The van der Waals surface area contributed by atoms with Gasteiger partial charge in [-0.2, -0.15) is 5.10 Å². The Morgan fingerprint density at radius 3 is 2.95 bits per heavy atom. The normalized spacial score (nSPS) is 14.9. The molecule has 0 unspecified atom stereocenters. The van der Waals surface area contributed by atoms with Crippen LogP contribution in [0.15, 0.2) is 24.5 Å². The van der Waals surface area contributed by atoms with E-state index in [1.807, 2.05) is 12.3 Å². The van der Waals surface area contributed by atoms with Crippen LogP contribution in [0, 0.1) is 0 Å². The zero-order chi connectivity index (χ0) is 12.5. The van der Waals surface area contributed by atoms with Gasteiger partial charge in [0.1, 0.15) is 0 Å². The molecule has 0 saturated carbocycles. The van der Waals surface area contributed by atoms with Crippen LogP contribution in [0.4, 0.5) is 0 Å². The van der Waals surface area contributed by atoms with E-state index in [-0.39, 0.29) is 24.4 Å². The zero-order valence-corrected chi connectivity index (χ0v) is 10.6. The molecule has 2 aromatic heterocycles. The van der Waals surface area contributed by atoms with Gasteiger partial charge in [0.2, 0.25) is 0 Å². The molecule has 7 heteroatoms. The van der Waals surface area contributed by atoms with Crippen LogP contribution in [0.3, 0.4) is 0 Å². The number of aromatic nitrogens is 2. The fourth-order valence-corrected chi connectivity index (χ4v) is 1.90. The van der Waals surface area contributed by atoms with Gasteiger partial charge in [-0.15, -0.1) is 0 Å². The van der Waals surface area contributed by atoms with E-state index >= 15 is 0 Å². The summed E-state index contributed by atoms with van der Waals surface area (Å²) in [5.41, 5.74) is 1.70. The van der Waals surface area contributed by atoms with Gasteiger partial charge in [0.15, 0.2) is 0 Å². The van der Waals surface area contributed by atoms with Gasteiger partial charge in [0.05, 0.1) is 36.9 Å². The first-order valence-corrected chi connectivity index (χ1v) is 5.73. The third-order valence-corrected chi connectivity index (χ3v) is 3.03. The van der Waals surface area contributed by atoms with Crippen molar-refractivity contribution in [2.24, 2.45) is 0 Å². The Kier molecular flexibility index (Phi) is 4.27. The third-order valence-electron chi connectivity index (χ3n) is 3.03. The third kappa shape index (κ3) is 2.82. The van der Waals surface area contributed by atoms with Crippen molar-refractivity contribution >= 4 is 11.5 Å². The second-order valence-electron chi connectivity index (χ2n) is 4.33. The van der Waals surface area contributed by atoms with Gasteiger partial charge < -0.3 is 20.0 Å². The van der Waals surface area contributed by atoms with Crippen molar-refractivity contribution in [3.05, 3.63) is 35.7 Å². The maximum atomic E-state index is 10.8. The first-order valence-electron chi connectivity index (χ1n) is 5.73. The number of aromatic carboxylic acids is 1. The Bertz CT molecular complexity index is 595. The van der Waals surface area contributed by atoms with E-state index in [9.17, 15) is 9.90 Å². The van der Waals surface area contributed by atoms with E-state index in [1.54, 1.807) is 10.6 Å². The van der Waals surface area contributed by atoms with Crippen LogP contribution in [0.25, 0.3) is 5.52 Å². The number of fused-ring (bicyclic) bond motifs is 1. The molecule has 0 spiro atoms. The van der Waals surface area contributed by atoms with Crippen molar-refractivity contribution in [2.75, 3.05) is 13.2 Å². The smallest absolute Gasteiger partial charge is 0.545 e. The Morgan fingerprint density at radius 2 is 2.32 bits per heavy atom. The number of pyridine rings is 1. The molecule has 1 saturated heterocycles. The van der Waals surface area contributed by atoms with Crippen LogP contribution >= 0.6 is 0 Å². The van der Waals surface area contributed by atoms with Gasteiger partial charge in [-0.05, 0) is 11.6 Å². The molecule has 1 fully saturated rings. The molecule has 19 heavy (non-hydrogen) atoms. The maximum Gasteiger partial charge on any atom is 1.00 e. The van der Waals surface area contributed by atoms with E-state index in [0.29, 0.717) is 18.1 Å². The molecular formula is C12H12LiN3O3. The quantitative estimate of drug-likeness (QED) is 0.565. The maximum absolute atomic E-state index is 10.8. The minimum Gasteiger partial charge on any atom is -0.545 e. The summed E-state index contributed by atoms with van der Waals surface area (Å²) < 4.78 is 6.63. The number of rotatable bonds is 4. The van der Waals surface area contributed by atoms with Gasteiger partial charge in [0.25, 0.3) is 0 Å². The number of carboxylic acids is 1. The molecule has 2 aromatic rings. The molecular weight excluding hydrogens is 241 g/mol. The molecule has 3 rings (SSSR count). The number of nitrogens with one attached hydrogen (secondary N) is 1. The first kappa shape index (κ1) is 14.1. The summed E-state index contributed by atoms with van der Waals surface area (Å²) in [4.78, 5) is 10.8. The van der Waals surface area contributed by atoms with Crippen molar-refractivity contribution in [3.63, 3.8) is 0 Å². The average molecular weight is 253 g/mol. The summed E-state index contributed by atoms with van der Waals surface area (Å²) in [6, 6.07) is 4.04. The fraction of sp³-hybridized carbons (Fsp3) is 0.333. The number of hydrogen-bond donors (Lipinski definition) is 1. The molecule has 0 atom stereocenters. The van der Waals surface area contributed by atoms with Crippen molar-refractivity contribution in [1.29, 1.82) is 0 Å². The van der Waals surface area contributed by atoms with E-state index in [1.165, 1.54) is 6.20 Å². The van der Waals surface area contributed by atoms with E-state index < -0.39 is 5.97 Å². The van der Waals surface area contributed by atoms with Crippen LogP contribution < -0.4 is 29.3 Å². The summed E-state index contributed by atoms with van der Waals surface area (Å²) in [6.45, 7) is 2.21. The van der Waals surface area contributed by atoms with E-state index in [4.69, 9.17) is 4.74 Å². The number of carboxylic acid groups (broad SMARTS) is 1. The summed E-state index contributed by atoms with van der Waals surface area (Å²) in [7, 11) is 0. The van der Waals surface area contributed by atoms with Crippen LogP contribution in [0.2, 0.25) is 0 Å². The van der Waals surface area contributed by atoms with Crippen molar-refractivity contribution in [2.45, 2.75) is 12.6 Å². The van der Waals surface area contributed by atoms with Gasteiger partial charge in [-0.25, -0.2) is 4.52 Å². The molecule has 94 valence electrons.